The van der Waals surface area contributed by atoms with E-state index in [1.807, 2.05) is 0 Å². The van der Waals surface area contributed by atoms with Crippen molar-refractivity contribution >= 4 is 20.0 Å². The summed E-state index contributed by atoms with van der Waals surface area (Å²) >= 11 is 0. The molecule has 136 valence electrons. The van der Waals surface area contributed by atoms with Crippen LogP contribution in [-0.2, 0) is 20.0 Å². The predicted octanol–water partition coefficient (Wildman–Crippen LogP) is 0.430. The van der Waals surface area contributed by atoms with E-state index in [0.29, 0.717) is 5.75 Å². The second-order valence-electron chi connectivity index (χ2n) is 4.82. The van der Waals surface area contributed by atoms with Gasteiger partial charge in [0.2, 0.25) is 20.0 Å². The molecule has 0 fully saturated rings. The van der Waals surface area contributed by atoms with Crippen LogP contribution in [0.1, 0.15) is 0 Å². The lowest BCUT2D eigenvalue weighted by Crippen LogP contribution is -2.38. The largest absolute Gasteiger partial charge is 0.497 e. The fourth-order valence-electron chi connectivity index (χ4n) is 1.91. The number of benzene rings is 1. The number of ether oxygens (including phenoxy) is 2. The Labute approximate surface area is 143 Å². The zero-order valence-electron chi connectivity index (χ0n) is 13.9. The van der Waals surface area contributed by atoms with Crippen LogP contribution in [0, 0.1) is 0 Å². The minimum Gasteiger partial charge on any atom is -0.497 e. The van der Waals surface area contributed by atoms with Crippen molar-refractivity contribution in [3.8, 4) is 11.5 Å². The fourth-order valence-corrected chi connectivity index (χ4v) is 3.92. The van der Waals surface area contributed by atoms with Gasteiger partial charge in [0, 0.05) is 25.7 Å². The zero-order valence-corrected chi connectivity index (χ0v) is 15.5. The second-order valence-corrected chi connectivity index (χ2v) is 8.54. The normalized spacial score (nSPS) is 12.2. The molecule has 0 saturated heterocycles. The van der Waals surface area contributed by atoms with E-state index in [2.05, 4.69) is 11.3 Å². The number of nitrogens with one attached hydrogen (secondary N) is 1. The van der Waals surface area contributed by atoms with Gasteiger partial charge in [-0.3, -0.25) is 0 Å². The lowest BCUT2D eigenvalue weighted by Gasteiger charge is -2.18. The average molecular weight is 378 g/mol. The van der Waals surface area contributed by atoms with Gasteiger partial charge in [-0.15, -0.1) is 6.58 Å². The third-order valence-corrected chi connectivity index (χ3v) is 5.87. The summed E-state index contributed by atoms with van der Waals surface area (Å²) in [5, 5.41) is 0. The molecule has 0 aliphatic rings. The molecular weight excluding hydrogens is 356 g/mol. The molecule has 0 saturated carbocycles. The van der Waals surface area contributed by atoms with E-state index in [1.54, 1.807) is 6.07 Å². The van der Waals surface area contributed by atoms with Crippen molar-refractivity contribution in [3.63, 3.8) is 0 Å². The van der Waals surface area contributed by atoms with E-state index < -0.39 is 20.0 Å². The van der Waals surface area contributed by atoms with Crippen LogP contribution in [0.3, 0.4) is 0 Å². The van der Waals surface area contributed by atoms with Gasteiger partial charge in [0.1, 0.15) is 16.4 Å². The van der Waals surface area contributed by atoms with Gasteiger partial charge >= 0.3 is 0 Å². The minimum atomic E-state index is -3.89. The van der Waals surface area contributed by atoms with Crippen molar-refractivity contribution < 1.29 is 26.3 Å². The van der Waals surface area contributed by atoms with Crippen molar-refractivity contribution in [1.82, 2.24) is 9.03 Å². The molecular formula is C14H22N2O6S2. The number of methoxy groups -OCH3 is 2. The molecule has 0 aromatic heterocycles. The first-order valence-electron chi connectivity index (χ1n) is 6.93. The van der Waals surface area contributed by atoms with Gasteiger partial charge in [-0.1, -0.05) is 6.08 Å². The molecule has 1 N–H and O–H groups in total. The van der Waals surface area contributed by atoms with Gasteiger partial charge in [-0.05, 0) is 12.1 Å². The van der Waals surface area contributed by atoms with Crippen LogP contribution in [-0.4, -0.2) is 61.3 Å². The maximum absolute atomic E-state index is 12.4. The molecule has 1 rings (SSSR count). The quantitative estimate of drug-likeness (QED) is 0.593. The van der Waals surface area contributed by atoms with Crippen LogP contribution in [0.2, 0.25) is 0 Å². The topological polar surface area (TPSA) is 102 Å². The summed E-state index contributed by atoms with van der Waals surface area (Å²) in [5.41, 5.74) is 0. The standard InChI is InChI=1S/C14H22N2O6S2/c1-5-9-16(23(4,17)18)10-8-15-24(19,20)14-11-12(21-2)6-7-13(14)22-3/h5-7,11,15H,1,8-10H2,2-4H3. The van der Waals surface area contributed by atoms with E-state index in [0.717, 1.165) is 10.6 Å². The van der Waals surface area contributed by atoms with Gasteiger partial charge in [-0.25, -0.2) is 21.6 Å². The van der Waals surface area contributed by atoms with Gasteiger partial charge in [0.05, 0.1) is 20.5 Å². The van der Waals surface area contributed by atoms with Crippen LogP contribution in [0.25, 0.3) is 0 Å². The molecule has 0 unspecified atom stereocenters. The van der Waals surface area contributed by atoms with Gasteiger partial charge < -0.3 is 9.47 Å². The highest BCUT2D eigenvalue weighted by Gasteiger charge is 2.21. The number of hydrogen-bond donors (Lipinski definition) is 1. The molecule has 0 aliphatic heterocycles. The molecule has 0 aliphatic carbocycles. The second kappa shape index (κ2) is 8.47. The Morgan fingerprint density at radius 1 is 1.21 bits per heavy atom. The Bertz CT molecular complexity index is 774. The van der Waals surface area contributed by atoms with Crippen molar-refractivity contribution in [3.05, 3.63) is 30.9 Å². The molecule has 0 bridgehead atoms. The monoisotopic (exact) mass is 378 g/mol. The molecule has 0 radical (unpaired) electrons. The minimum absolute atomic E-state index is 0.0175. The van der Waals surface area contributed by atoms with Crippen LogP contribution < -0.4 is 14.2 Å². The molecule has 0 atom stereocenters. The maximum atomic E-state index is 12.4. The predicted molar refractivity (Wildman–Crippen MR) is 91.3 cm³/mol. The lowest BCUT2D eigenvalue weighted by molar-refractivity contribution is 0.391. The third-order valence-electron chi connectivity index (χ3n) is 3.12. The first-order valence-corrected chi connectivity index (χ1v) is 10.3. The Kier molecular flexibility index (Phi) is 7.21. The molecule has 8 nitrogen and oxygen atoms in total. The number of rotatable bonds is 10. The Balaban J connectivity index is 2.92. The fraction of sp³-hybridized carbons (Fsp3) is 0.429. The summed E-state index contributed by atoms with van der Waals surface area (Å²) in [6.45, 7) is 3.47. The summed E-state index contributed by atoms with van der Waals surface area (Å²) in [6.07, 6.45) is 2.48. The highest BCUT2D eigenvalue weighted by molar-refractivity contribution is 7.89. The first kappa shape index (κ1) is 20.4. The van der Waals surface area contributed by atoms with Crippen molar-refractivity contribution in [2.75, 3.05) is 40.1 Å². The average Bonchev–Trinajstić information content (AvgIpc) is 2.52. The Morgan fingerprint density at radius 2 is 1.88 bits per heavy atom. The summed E-state index contributed by atoms with van der Waals surface area (Å²) < 4.78 is 61.6. The Morgan fingerprint density at radius 3 is 2.38 bits per heavy atom. The first-order chi connectivity index (χ1) is 11.2. The van der Waals surface area contributed by atoms with E-state index in [9.17, 15) is 16.8 Å². The van der Waals surface area contributed by atoms with E-state index >= 15 is 0 Å². The van der Waals surface area contributed by atoms with E-state index in [1.165, 1.54) is 32.4 Å². The molecule has 1 aromatic carbocycles. The van der Waals surface area contributed by atoms with Gasteiger partial charge in [-0.2, -0.15) is 4.31 Å². The van der Waals surface area contributed by atoms with Crippen LogP contribution >= 0.6 is 0 Å². The molecule has 0 amide bonds. The lowest BCUT2D eigenvalue weighted by atomic mass is 10.3. The molecule has 0 spiro atoms. The maximum Gasteiger partial charge on any atom is 0.244 e. The van der Waals surface area contributed by atoms with Gasteiger partial charge in [0.15, 0.2) is 0 Å². The molecule has 0 heterocycles. The summed E-state index contributed by atoms with van der Waals surface area (Å²) in [5.74, 6) is 0.523. The van der Waals surface area contributed by atoms with Crippen molar-refractivity contribution in [2.24, 2.45) is 0 Å². The number of sulfonamides is 2. The molecule has 24 heavy (non-hydrogen) atoms. The highest BCUT2D eigenvalue weighted by Crippen LogP contribution is 2.27. The van der Waals surface area contributed by atoms with Crippen LogP contribution in [0.15, 0.2) is 35.7 Å². The molecule has 10 heteroatoms. The van der Waals surface area contributed by atoms with E-state index in [4.69, 9.17) is 9.47 Å². The number of hydrogen-bond acceptors (Lipinski definition) is 6. The zero-order chi connectivity index (χ0) is 18.4. The highest BCUT2D eigenvalue weighted by atomic mass is 32.2. The summed E-state index contributed by atoms with van der Waals surface area (Å²) in [7, 11) is -4.57. The smallest absolute Gasteiger partial charge is 0.244 e. The summed E-state index contributed by atoms with van der Waals surface area (Å²) in [6, 6.07) is 4.39. The van der Waals surface area contributed by atoms with Crippen molar-refractivity contribution in [1.29, 1.82) is 0 Å². The molecule has 1 aromatic rings. The SMILES string of the molecule is C=CCN(CCNS(=O)(=O)c1cc(OC)ccc1OC)S(C)(=O)=O. The van der Waals surface area contributed by atoms with Crippen LogP contribution in [0.5, 0.6) is 11.5 Å². The Hall–Kier alpha value is -1.62. The van der Waals surface area contributed by atoms with Gasteiger partial charge in [0.25, 0.3) is 0 Å². The third kappa shape index (κ3) is 5.48. The summed E-state index contributed by atoms with van der Waals surface area (Å²) in [4.78, 5) is -0.0843. The van der Waals surface area contributed by atoms with E-state index in [-0.39, 0.29) is 30.3 Å². The van der Waals surface area contributed by atoms with Crippen molar-refractivity contribution in [2.45, 2.75) is 4.90 Å². The number of nitrogens with zero attached hydrogens (tertiary/aromatic N) is 1. The van der Waals surface area contributed by atoms with Crippen LogP contribution in [0.4, 0.5) is 0 Å².